The van der Waals surface area contributed by atoms with Crippen molar-refractivity contribution in [2.24, 2.45) is 0 Å². The summed E-state index contributed by atoms with van der Waals surface area (Å²) in [6.45, 7) is 0.345. The van der Waals surface area contributed by atoms with Crippen LogP contribution in [-0.4, -0.2) is 25.2 Å². The first kappa shape index (κ1) is 14.8. The maximum Gasteiger partial charge on any atom is 0.335 e. The van der Waals surface area contributed by atoms with E-state index >= 15 is 0 Å². The number of aromatic carboxylic acids is 1. The third-order valence-electron chi connectivity index (χ3n) is 3.22. The Kier molecular flexibility index (Phi) is 4.42. The Hall–Kier alpha value is -2.56. The van der Waals surface area contributed by atoms with Crippen molar-refractivity contribution in [3.8, 4) is 5.75 Å². The van der Waals surface area contributed by atoms with Crippen LogP contribution in [-0.2, 0) is 6.54 Å². The van der Waals surface area contributed by atoms with E-state index in [9.17, 15) is 9.18 Å². The highest BCUT2D eigenvalue weighted by molar-refractivity contribution is 5.87. The van der Waals surface area contributed by atoms with Crippen LogP contribution < -0.4 is 9.64 Å². The predicted molar refractivity (Wildman–Crippen MR) is 78.5 cm³/mol. The highest BCUT2D eigenvalue weighted by Gasteiger charge is 2.10. The Balaban J connectivity index is 2.14. The van der Waals surface area contributed by atoms with Crippen molar-refractivity contribution in [2.75, 3.05) is 19.1 Å². The third-order valence-corrected chi connectivity index (χ3v) is 3.22. The van der Waals surface area contributed by atoms with Crippen LogP contribution in [0.4, 0.5) is 10.1 Å². The van der Waals surface area contributed by atoms with Gasteiger partial charge >= 0.3 is 5.97 Å². The van der Waals surface area contributed by atoms with Crippen molar-refractivity contribution in [1.82, 2.24) is 0 Å². The SMILES string of the molecule is COc1ccc(N(C)Cc2ccc(C(=O)O)cc2F)cc1. The lowest BCUT2D eigenvalue weighted by atomic mass is 10.1. The fourth-order valence-electron chi connectivity index (χ4n) is 1.99. The number of rotatable bonds is 5. The second kappa shape index (κ2) is 6.26. The smallest absolute Gasteiger partial charge is 0.335 e. The molecule has 0 aliphatic heterocycles. The molecule has 0 saturated heterocycles. The van der Waals surface area contributed by atoms with E-state index in [-0.39, 0.29) is 5.56 Å². The summed E-state index contributed by atoms with van der Waals surface area (Å²) in [5.74, 6) is -0.900. The zero-order valence-corrected chi connectivity index (χ0v) is 11.8. The number of carboxylic acid groups (broad SMARTS) is 1. The van der Waals surface area contributed by atoms with Gasteiger partial charge in [0.1, 0.15) is 11.6 Å². The fourth-order valence-corrected chi connectivity index (χ4v) is 1.99. The molecule has 4 nitrogen and oxygen atoms in total. The number of benzene rings is 2. The van der Waals surface area contributed by atoms with Crippen molar-refractivity contribution < 1.29 is 19.0 Å². The molecule has 0 atom stereocenters. The van der Waals surface area contributed by atoms with Gasteiger partial charge in [-0.3, -0.25) is 0 Å². The van der Waals surface area contributed by atoms with Gasteiger partial charge in [0.15, 0.2) is 0 Å². The Morgan fingerprint density at radius 3 is 2.43 bits per heavy atom. The summed E-state index contributed by atoms with van der Waals surface area (Å²) in [5.41, 5.74) is 1.30. The maximum atomic E-state index is 13.9. The van der Waals surface area contributed by atoms with Crippen molar-refractivity contribution in [3.63, 3.8) is 0 Å². The fraction of sp³-hybridized carbons (Fsp3) is 0.188. The normalized spacial score (nSPS) is 10.2. The minimum atomic E-state index is -1.14. The van der Waals surface area contributed by atoms with Crippen molar-refractivity contribution in [1.29, 1.82) is 0 Å². The average Bonchev–Trinajstić information content (AvgIpc) is 2.49. The van der Waals surface area contributed by atoms with E-state index < -0.39 is 11.8 Å². The van der Waals surface area contributed by atoms with Crippen LogP contribution in [0.25, 0.3) is 0 Å². The second-order valence-electron chi connectivity index (χ2n) is 4.67. The molecule has 0 spiro atoms. The Morgan fingerprint density at radius 2 is 1.90 bits per heavy atom. The summed E-state index contributed by atoms with van der Waals surface area (Å²) in [6.07, 6.45) is 0. The van der Waals surface area contributed by atoms with Gasteiger partial charge in [0.05, 0.1) is 12.7 Å². The van der Waals surface area contributed by atoms with Crippen LogP contribution >= 0.6 is 0 Å². The number of hydrogen-bond donors (Lipinski definition) is 1. The van der Waals surface area contributed by atoms with Crippen molar-refractivity contribution in [3.05, 3.63) is 59.4 Å². The van der Waals surface area contributed by atoms with Gasteiger partial charge in [0.2, 0.25) is 0 Å². The van der Waals surface area contributed by atoms with Gasteiger partial charge < -0.3 is 14.7 Å². The number of carbonyl (C=O) groups is 1. The Labute approximate surface area is 122 Å². The molecule has 5 heteroatoms. The van der Waals surface area contributed by atoms with E-state index in [2.05, 4.69) is 0 Å². The highest BCUT2D eigenvalue weighted by Crippen LogP contribution is 2.21. The molecule has 0 saturated carbocycles. The molecule has 0 unspecified atom stereocenters. The number of carboxylic acids is 1. The third kappa shape index (κ3) is 3.51. The number of anilines is 1. The monoisotopic (exact) mass is 289 g/mol. The first-order valence-electron chi connectivity index (χ1n) is 6.38. The molecule has 0 aliphatic rings. The summed E-state index contributed by atoms with van der Waals surface area (Å²) in [6, 6.07) is 11.4. The summed E-state index contributed by atoms with van der Waals surface area (Å²) < 4.78 is 19.0. The van der Waals surface area contributed by atoms with Gasteiger partial charge in [-0.25, -0.2) is 9.18 Å². The molecule has 110 valence electrons. The molecular weight excluding hydrogens is 273 g/mol. The summed E-state index contributed by atoms with van der Waals surface area (Å²) in [7, 11) is 3.43. The first-order valence-corrected chi connectivity index (χ1v) is 6.38. The number of nitrogens with zero attached hydrogens (tertiary/aromatic N) is 1. The minimum Gasteiger partial charge on any atom is -0.497 e. The van der Waals surface area contributed by atoms with Gasteiger partial charge in [0, 0.05) is 24.8 Å². The van der Waals surface area contributed by atoms with Gasteiger partial charge in [-0.1, -0.05) is 6.07 Å². The molecule has 0 radical (unpaired) electrons. The van der Waals surface area contributed by atoms with Gasteiger partial charge in [-0.15, -0.1) is 0 Å². The number of halogens is 1. The van der Waals surface area contributed by atoms with Crippen molar-refractivity contribution >= 4 is 11.7 Å². The van der Waals surface area contributed by atoms with Crippen LogP contribution in [0.1, 0.15) is 15.9 Å². The zero-order valence-electron chi connectivity index (χ0n) is 11.8. The molecule has 21 heavy (non-hydrogen) atoms. The second-order valence-corrected chi connectivity index (χ2v) is 4.67. The lowest BCUT2D eigenvalue weighted by molar-refractivity contribution is 0.0696. The summed E-state index contributed by atoms with van der Waals surface area (Å²) in [5, 5.41) is 8.82. The molecule has 2 rings (SSSR count). The van der Waals surface area contributed by atoms with Crippen molar-refractivity contribution in [2.45, 2.75) is 6.54 Å². The molecule has 0 amide bonds. The molecule has 0 aliphatic carbocycles. The Bertz CT molecular complexity index is 640. The van der Waals surface area contributed by atoms with Gasteiger partial charge in [-0.2, -0.15) is 0 Å². The first-order chi connectivity index (χ1) is 10.0. The van der Waals surface area contributed by atoms with E-state index in [1.165, 1.54) is 12.1 Å². The van der Waals surface area contributed by atoms with Crippen LogP contribution in [0.15, 0.2) is 42.5 Å². The molecular formula is C16H16FNO3. The average molecular weight is 289 g/mol. The van der Waals surface area contributed by atoms with Crippen LogP contribution in [0, 0.1) is 5.82 Å². The largest absolute Gasteiger partial charge is 0.497 e. The Morgan fingerprint density at radius 1 is 1.24 bits per heavy atom. The summed E-state index contributed by atoms with van der Waals surface area (Å²) in [4.78, 5) is 12.7. The highest BCUT2D eigenvalue weighted by atomic mass is 19.1. The van der Waals surface area contributed by atoms with Gasteiger partial charge in [-0.05, 0) is 36.4 Å². The molecule has 0 bridgehead atoms. The predicted octanol–water partition coefficient (Wildman–Crippen LogP) is 3.17. The molecule has 0 fully saturated rings. The van der Waals surface area contributed by atoms with Crippen LogP contribution in [0.2, 0.25) is 0 Å². The number of methoxy groups -OCH3 is 1. The van der Waals surface area contributed by atoms with E-state index in [0.717, 1.165) is 17.5 Å². The van der Waals surface area contributed by atoms with Gasteiger partial charge in [0.25, 0.3) is 0 Å². The number of ether oxygens (including phenoxy) is 1. The molecule has 0 heterocycles. The number of hydrogen-bond acceptors (Lipinski definition) is 3. The van der Waals surface area contributed by atoms with E-state index in [1.54, 1.807) is 7.11 Å². The van der Waals surface area contributed by atoms with E-state index in [1.807, 2.05) is 36.2 Å². The zero-order chi connectivity index (χ0) is 15.4. The molecule has 2 aromatic rings. The van der Waals surface area contributed by atoms with Crippen LogP contribution in [0.5, 0.6) is 5.75 Å². The lowest BCUT2D eigenvalue weighted by Crippen LogP contribution is -2.17. The van der Waals surface area contributed by atoms with E-state index in [0.29, 0.717) is 12.1 Å². The topological polar surface area (TPSA) is 49.8 Å². The molecule has 0 aromatic heterocycles. The maximum absolute atomic E-state index is 13.9. The minimum absolute atomic E-state index is 0.0525. The molecule has 2 aromatic carbocycles. The lowest BCUT2D eigenvalue weighted by Gasteiger charge is -2.20. The molecule has 1 N–H and O–H groups in total. The van der Waals surface area contributed by atoms with E-state index in [4.69, 9.17) is 9.84 Å². The quantitative estimate of drug-likeness (QED) is 0.918. The van der Waals surface area contributed by atoms with Crippen LogP contribution in [0.3, 0.4) is 0 Å². The summed E-state index contributed by atoms with van der Waals surface area (Å²) >= 11 is 0. The standard InChI is InChI=1S/C16H16FNO3/c1-18(13-5-7-14(21-2)8-6-13)10-12-4-3-11(16(19)20)9-15(12)17/h3-9H,10H2,1-2H3,(H,19,20).